The highest BCUT2D eigenvalue weighted by atomic mass is 32.2. The topological polar surface area (TPSA) is 66.4 Å². The molecule has 5 heteroatoms. The first-order valence-corrected chi connectivity index (χ1v) is 8.82. The third-order valence-electron chi connectivity index (χ3n) is 3.56. The van der Waals surface area contributed by atoms with Gasteiger partial charge < -0.3 is 5.11 Å². The van der Waals surface area contributed by atoms with Crippen LogP contribution in [0.25, 0.3) is 0 Å². The van der Waals surface area contributed by atoms with Gasteiger partial charge in [0.25, 0.3) is 0 Å². The van der Waals surface area contributed by atoms with Crippen molar-refractivity contribution in [3.05, 3.63) is 29.8 Å². The summed E-state index contributed by atoms with van der Waals surface area (Å²) in [5.41, 5.74) is 0.750. The number of sulfonamides is 1. The monoisotopic (exact) mass is 307 g/mol. The fraction of sp³-hybridized carbons (Fsp3) is 0.500. The van der Waals surface area contributed by atoms with E-state index in [4.69, 9.17) is 5.11 Å². The maximum Gasteiger partial charge on any atom is 0.240 e. The summed E-state index contributed by atoms with van der Waals surface area (Å²) < 4.78 is 27.4. The smallest absolute Gasteiger partial charge is 0.240 e. The molecule has 1 aromatic rings. The van der Waals surface area contributed by atoms with Crippen LogP contribution in [0.2, 0.25) is 0 Å². The van der Waals surface area contributed by atoms with E-state index in [-0.39, 0.29) is 17.5 Å². The van der Waals surface area contributed by atoms with E-state index in [1.165, 1.54) is 6.42 Å². The van der Waals surface area contributed by atoms with Crippen molar-refractivity contribution in [2.24, 2.45) is 0 Å². The summed E-state index contributed by atoms with van der Waals surface area (Å²) in [4.78, 5) is 0.279. The lowest BCUT2D eigenvalue weighted by Gasteiger charge is -2.22. The van der Waals surface area contributed by atoms with E-state index in [0.717, 1.165) is 31.2 Å². The Morgan fingerprint density at radius 2 is 1.81 bits per heavy atom. The summed E-state index contributed by atoms with van der Waals surface area (Å²) in [7, 11) is -3.44. The van der Waals surface area contributed by atoms with Gasteiger partial charge in [-0.3, -0.25) is 0 Å². The fourth-order valence-electron chi connectivity index (χ4n) is 2.45. The Balaban J connectivity index is 2.04. The van der Waals surface area contributed by atoms with Crippen LogP contribution in [-0.4, -0.2) is 26.2 Å². The molecule has 21 heavy (non-hydrogen) atoms. The number of hydrogen-bond donors (Lipinski definition) is 2. The van der Waals surface area contributed by atoms with E-state index in [9.17, 15) is 8.42 Å². The molecule has 0 amide bonds. The summed E-state index contributed by atoms with van der Waals surface area (Å²) in [6, 6.07) is 6.61. The molecule has 0 heterocycles. The quantitative estimate of drug-likeness (QED) is 0.837. The second kappa shape index (κ2) is 7.60. The highest BCUT2D eigenvalue weighted by Crippen LogP contribution is 2.20. The summed E-state index contributed by atoms with van der Waals surface area (Å²) in [5, 5.41) is 8.66. The second-order valence-electron chi connectivity index (χ2n) is 5.26. The molecular weight excluding hydrogens is 286 g/mol. The van der Waals surface area contributed by atoms with Crippen LogP contribution in [0.5, 0.6) is 0 Å². The van der Waals surface area contributed by atoms with Crippen molar-refractivity contribution >= 4 is 10.0 Å². The first-order valence-electron chi connectivity index (χ1n) is 7.34. The molecule has 4 nitrogen and oxygen atoms in total. The molecular formula is C16H21NO3S. The van der Waals surface area contributed by atoms with Gasteiger partial charge in [-0.15, -0.1) is 0 Å². The van der Waals surface area contributed by atoms with E-state index in [1.54, 1.807) is 24.3 Å². The van der Waals surface area contributed by atoms with Crippen LogP contribution >= 0.6 is 0 Å². The number of rotatable bonds is 4. The zero-order valence-corrected chi connectivity index (χ0v) is 12.8. The van der Waals surface area contributed by atoms with Crippen LogP contribution in [0.4, 0.5) is 0 Å². The van der Waals surface area contributed by atoms with Crippen molar-refractivity contribution in [1.29, 1.82) is 0 Å². The molecule has 0 aliphatic heterocycles. The van der Waals surface area contributed by atoms with Crippen LogP contribution < -0.4 is 4.72 Å². The van der Waals surface area contributed by atoms with E-state index in [1.807, 2.05) is 0 Å². The number of aliphatic hydroxyl groups excluding tert-OH is 1. The predicted octanol–water partition coefficient (Wildman–Crippen LogP) is 2.03. The molecule has 1 saturated carbocycles. The van der Waals surface area contributed by atoms with Crippen molar-refractivity contribution in [3.8, 4) is 11.8 Å². The largest absolute Gasteiger partial charge is 0.395 e. The maximum absolute atomic E-state index is 12.3. The lowest BCUT2D eigenvalue weighted by Crippen LogP contribution is -2.36. The normalized spacial score (nSPS) is 16.2. The van der Waals surface area contributed by atoms with Gasteiger partial charge in [-0.2, -0.15) is 0 Å². The van der Waals surface area contributed by atoms with Gasteiger partial charge in [-0.1, -0.05) is 31.1 Å². The molecule has 2 N–H and O–H groups in total. The molecule has 0 atom stereocenters. The minimum absolute atomic E-state index is 0.0325. The minimum Gasteiger partial charge on any atom is -0.395 e. The van der Waals surface area contributed by atoms with Crippen LogP contribution in [0, 0.1) is 11.8 Å². The molecule has 0 saturated heterocycles. The van der Waals surface area contributed by atoms with E-state index >= 15 is 0 Å². The average molecular weight is 307 g/mol. The number of hydrogen-bond acceptors (Lipinski definition) is 3. The van der Waals surface area contributed by atoms with Gasteiger partial charge in [-0.05, 0) is 37.1 Å². The molecule has 1 aliphatic rings. The number of nitrogens with one attached hydrogen (secondary N) is 1. The van der Waals surface area contributed by atoms with Gasteiger partial charge in [0, 0.05) is 18.0 Å². The Morgan fingerprint density at radius 1 is 1.14 bits per heavy atom. The highest BCUT2D eigenvalue weighted by molar-refractivity contribution is 7.89. The molecule has 0 unspecified atom stereocenters. The first kappa shape index (κ1) is 16.0. The molecule has 0 aromatic heterocycles. The predicted molar refractivity (Wildman–Crippen MR) is 82.2 cm³/mol. The summed E-state index contributed by atoms with van der Waals surface area (Å²) in [6.07, 6.45) is 5.63. The van der Waals surface area contributed by atoms with Gasteiger partial charge in [0.15, 0.2) is 0 Å². The van der Waals surface area contributed by atoms with E-state index in [2.05, 4.69) is 16.6 Å². The van der Waals surface area contributed by atoms with Crippen LogP contribution in [0.3, 0.4) is 0 Å². The average Bonchev–Trinajstić information content (AvgIpc) is 2.49. The second-order valence-corrected chi connectivity index (χ2v) is 6.97. The lowest BCUT2D eigenvalue weighted by atomic mass is 9.96. The minimum atomic E-state index is -3.44. The van der Waals surface area contributed by atoms with Gasteiger partial charge in [0.1, 0.15) is 0 Å². The summed E-state index contributed by atoms with van der Waals surface area (Å²) in [5.74, 6) is 5.69. The molecule has 114 valence electrons. The van der Waals surface area contributed by atoms with Crippen LogP contribution in [-0.2, 0) is 10.0 Å². The molecule has 2 rings (SSSR count). The molecule has 1 aromatic carbocycles. The molecule has 0 bridgehead atoms. The van der Waals surface area contributed by atoms with Crippen LogP contribution in [0.15, 0.2) is 29.2 Å². The zero-order valence-electron chi connectivity index (χ0n) is 12.0. The zero-order chi connectivity index (χ0) is 15.1. The first-order chi connectivity index (χ1) is 10.1. The van der Waals surface area contributed by atoms with Crippen molar-refractivity contribution in [1.82, 2.24) is 4.72 Å². The Kier molecular flexibility index (Phi) is 5.80. The summed E-state index contributed by atoms with van der Waals surface area (Å²) in [6.45, 7) is 0.0325. The third-order valence-corrected chi connectivity index (χ3v) is 5.10. The van der Waals surface area contributed by atoms with Crippen molar-refractivity contribution < 1.29 is 13.5 Å². The fourth-order valence-corrected chi connectivity index (χ4v) is 3.75. The molecule has 0 spiro atoms. The standard InChI is InChI=1S/C16H21NO3S/c18-13-5-4-6-14-9-11-16(12-10-14)21(19,20)17-15-7-2-1-3-8-15/h9-12,15,17-18H,1-3,5,7-8,13H2. The van der Waals surface area contributed by atoms with Crippen LogP contribution in [0.1, 0.15) is 44.1 Å². The van der Waals surface area contributed by atoms with Gasteiger partial charge in [0.05, 0.1) is 11.5 Å². The van der Waals surface area contributed by atoms with Crippen molar-refractivity contribution in [2.45, 2.75) is 49.5 Å². The number of aliphatic hydroxyl groups is 1. The van der Waals surface area contributed by atoms with Gasteiger partial charge in [0.2, 0.25) is 10.0 Å². The maximum atomic E-state index is 12.3. The lowest BCUT2D eigenvalue weighted by molar-refractivity contribution is 0.305. The Labute approximate surface area is 126 Å². The SMILES string of the molecule is O=S(=O)(NC1CCCCC1)c1ccc(C#CCCO)cc1. The molecule has 1 aliphatic carbocycles. The molecule has 1 fully saturated rings. The van der Waals surface area contributed by atoms with E-state index in [0.29, 0.717) is 6.42 Å². The van der Waals surface area contributed by atoms with Gasteiger partial charge >= 0.3 is 0 Å². The molecule has 0 radical (unpaired) electrons. The van der Waals surface area contributed by atoms with Crippen molar-refractivity contribution in [3.63, 3.8) is 0 Å². The number of benzene rings is 1. The third kappa shape index (κ3) is 4.85. The van der Waals surface area contributed by atoms with Crippen molar-refractivity contribution in [2.75, 3.05) is 6.61 Å². The Bertz CT molecular complexity index is 605. The van der Waals surface area contributed by atoms with Gasteiger partial charge in [-0.25, -0.2) is 13.1 Å². The Hall–Kier alpha value is -1.35. The Morgan fingerprint density at radius 3 is 2.43 bits per heavy atom. The summed E-state index contributed by atoms with van der Waals surface area (Å²) >= 11 is 0. The highest BCUT2D eigenvalue weighted by Gasteiger charge is 2.21. The van der Waals surface area contributed by atoms with E-state index < -0.39 is 10.0 Å².